The summed E-state index contributed by atoms with van der Waals surface area (Å²) in [7, 11) is 1.94. The van der Waals surface area contributed by atoms with E-state index in [1.807, 2.05) is 18.1 Å². The number of hydrogen-bond donors (Lipinski definition) is 0. The van der Waals surface area contributed by atoms with Crippen LogP contribution in [0.3, 0.4) is 0 Å². The van der Waals surface area contributed by atoms with Gasteiger partial charge >= 0.3 is 0 Å². The lowest BCUT2D eigenvalue weighted by atomic mass is 9.92. The summed E-state index contributed by atoms with van der Waals surface area (Å²) in [6.07, 6.45) is 7.49. The molecular weight excluding hydrogens is 200 g/mol. The molecule has 0 saturated carbocycles. The summed E-state index contributed by atoms with van der Waals surface area (Å²) >= 11 is 0. The van der Waals surface area contributed by atoms with Crippen molar-refractivity contribution in [2.45, 2.75) is 25.7 Å². The van der Waals surface area contributed by atoms with Gasteiger partial charge < -0.3 is 0 Å². The molecule has 0 amide bonds. The minimum absolute atomic E-state index is 0.125. The largest absolute Gasteiger partial charge is 0.296 e. The molecule has 86 valence electrons. The maximum atomic E-state index is 12.3. The highest BCUT2D eigenvalue weighted by Crippen LogP contribution is 2.28. The highest BCUT2D eigenvalue weighted by molar-refractivity contribution is 6.15. The number of hydrazone groups is 1. The molecule has 0 aromatic rings. The predicted molar refractivity (Wildman–Crippen MR) is 65.3 cm³/mol. The number of Topliss-reactive ketones (excluding diaryl/α,β-unsaturated/α-hetero) is 1. The number of carbonyl (C=O) groups is 1. The molecule has 1 heterocycles. The molecule has 0 radical (unpaired) electrons. The van der Waals surface area contributed by atoms with E-state index in [1.54, 1.807) is 6.21 Å². The average Bonchev–Trinajstić information content (AvgIpc) is 2.40. The van der Waals surface area contributed by atoms with Gasteiger partial charge in [-0.15, -0.1) is 6.58 Å². The second kappa shape index (κ2) is 4.64. The molecule has 0 saturated heterocycles. The molecule has 1 unspecified atom stereocenters. The summed E-state index contributed by atoms with van der Waals surface area (Å²) in [6.45, 7) is 4.53. The molecule has 0 spiro atoms. The zero-order valence-corrected chi connectivity index (χ0v) is 9.78. The topological polar surface area (TPSA) is 32.7 Å². The Balaban J connectivity index is 2.25. The van der Waals surface area contributed by atoms with Gasteiger partial charge in [0.1, 0.15) is 0 Å². The standard InChI is InChI=1S/C13H18N2O/c1-3-5-10-6-4-7-11-9-15(2)14-8-12(11)13(10)16/h3,8,10H,1,4-7,9H2,2H3. The first kappa shape index (κ1) is 11.1. The Hall–Kier alpha value is -1.38. The van der Waals surface area contributed by atoms with Crippen molar-refractivity contribution in [2.24, 2.45) is 11.0 Å². The van der Waals surface area contributed by atoms with Crippen LogP contribution in [0.1, 0.15) is 25.7 Å². The van der Waals surface area contributed by atoms with Crippen molar-refractivity contribution < 1.29 is 4.79 Å². The zero-order valence-electron chi connectivity index (χ0n) is 9.78. The molecule has 1 aliphatic heterocycles. The third-order valence-corrected chi connectivity index (χ3v) is 3.30. The summed E-state index contributed by atoms with van der Waals surface area (Å²) in [4.78, 5) is 12.3. The Labute approximate surface area is 96.5 Å². The Bertz CT molecular complexity index is 368. The van der Waals surface area contributed by atoms with Gasteiger partial charge in [-0.3, -0.25) is 9.80 Å². The number of likely N-dealkylation sites (N-methyl/N-ethyl adjacent to an activating group) is 1. The van der Waals surface area contributed by atoms with Crippen molar-refractivity contribution >= 4 is 12.0 Å². The normalized spacial score (nSPS) is 25.4. The molecule has 3 nitrogen and oxygen atoms in total. The smallest absolute Gasteiger partial charge is 0.167 e. The monoisotopic (exact) mass is 218 g/mol. The summed E-state index contributed by atoms with van der Waals surface area (Å²) in [6, 6.07) is 0. The van der Waals surface area contributed by atoms with Crippen molar-refractivity contribution in [3.8, 4) is 0 Å². The van der Waals surface area contributed by atoms with Gasteiger partial charge in [0.25, 0.3) is 0 Å². The van der Waals surface area contributed by atoms with Gasteiger partial charge in [-0.1, -0.05) is 6.08 Å². The van der Waals surface area contributed by atoms with Gasteiger partial charge in [0, 0.05) is 18.5 Å². The summed E-state index contributed by atoms with van der Waals surface area (Å²) in [5.41, 5.74) is 2.12. The van der Waals surface area contributed by atoms with Crippen LogP contribution < -0.4 is 0 Å². The molecule has 0 bridgehead atoms. The number of hydrogen-bond acceptors (Lipinski definition) is 3. The first-order valence-electron chi connectivity index (χ1n) is 5.84. The number of rotatable bonds is 2. The maximum Gasteiger partial charge on any atom is 0.167 e. The van der Waals surface area contributed by atoms with Crippen LogP contribution in [-0.2, 0) is 4.79 Å². The first-order chi connectivity index (χ1) is 7.72. The SMILES string of the molecule is C=CCC1CCCC2=C(C=NN(C)C2)C1=O. The first-order valence-corrected chi connectivity index (χ1v) is 5.84. The Morgan fingerprint density at radius 2 is 2.50 bits per heavy atom. The molecule has 0 fully saturated rings. The lowest BCUT2D eigenvalue weighted by Gasteiger charge is -2.21. The summed E-state index contributed by atoms with van der Waals surface area (Å²) < 4.78 is 0. The number of ketones is 1. The van der Waals surface area contributed by atoms with E-state index in [4.69, 9.17) is 0 Å². The van der Waals surface area contributed by atoms with Crippen LogP contribution in [0.25, 0.3) is 0 Å². The van der Waals surface area contributed by atoms with Crippen molar-refractivity contribution in [2.75, 3.05) is 13.6 Å². The maximum absolute atomic E-state index is 12.3. The third-order valence-electron chi connectivity index (χ3n) is 3.30. The lowest BCUT2D eigenvalue weighted by Crippen LogP contribution is -2.25. The van der Waals surface area contributed by atoms with E-state index in [0.29, 0.717) is 0 Å². The van der Waals surface area contributed by atoms with Crippen LogP contribution in [0.4, 0.5) is 0 Å². The molecule has 1 atom stereocenters. The van der Waals surface area contributed by atoms with E-state index < -0.39 is 0 Å². The van der Waals surface area contributed by atoms with Crippen molar-refractivity contribution in [1.82, 2.24) is 5.01 Å². The van der Waals surface area contributed by atoms with Gasteiger partial charge in [0.15, 0.2) is 5.78 Å². The van der Waals surface area contributed by atoms with Crippen molar-refractivity contribution in [1.29, 1.82) is 0 Å². The lowest BCUT2D eigenvalue weighted by molar-refractivity contribution is -0.118. The molecule has 0 N–H and O–H groups in total. The Morgan fingerprint density at radius 1 is 1.69 bits per heavy atom. The Morgan fingerprint density at radius 3 is 3.25 bits per heavy atom. The minimum atomic E-state index is 0.125. The fraction of sp³-hybridized carbons (Fsp3) is 0.538. The molecule has 0 aromatic carbocycles. The molecule has 2 rings (SSSR count). The van der Waals surface area contributed by atoms with E-state index in [1.165, 1.54) is 5.57 Å². The third kappa shape index (κ3) is 2.08. The van der Waals surface area contributed by atoms with E-state index in [0.717, 1.165) is 37.8 Å². The predicted octanol–water partition coefficient (Wildman–Crippen LogP) is 2.16. The fourth-order valence-corrected chi connectivity index (χ4v) is 2.44. The number of nitrogens with zero attached hydrogens (tertiary/aromatic N) is 2. The van der Waals surface area contributed by atoms with Crippen molar-refractivity contribution in [3.05, 3.63) is 23.8 Å². The fourth-order valence-electron chi connectivity index (χ4n) is 2.44. The molecule has 16 heavy (non-hydrogen) atoms. The number of carbonyl (C=O) groups excluding carboxylic acids is 1. The summed E-state index contributed by atoms with van der Waals surface area (Å²) in [5.74, 6) is 0.393. The van der Waals surface area contributed by atoms with Crippen LogP contribution in [-0.4, -0.2) is 30.6 Å². The van der Waals surface area contributed by atoms with Crippen LogP contribution in [0.5, 0.6) is 0 Å². The van der Waals surface area contributed by atoms with Crippen LogP contribution in [0.2, 0.25) is 0 Å². The quantitative estimate of drug-likeness (QED) is 0.665. The average molecular weight is 218 g/mol. The van der Waals surface area contributed by atoms with Crippen molar-refractivity contribution in [3.63, 3.8) is 0 Å². The molecule has 2 aliphatic rings. The van der Waals surface area contributed by atoms with Crippen LogP contribution in [0, 0.1) is 5.92 Å². The Kier molecular flexibility index (Phi) is 3.22. The highest BCUT2D eigenvalue weighted by Gasteiger charge is 2.27. The van der Waals surface area contributed by atoms with Gasteiger partial charge in [-0.2, -0.15) is 5.10 Å². The minimum Gasteiger partial charge on any atom is -0.296 e. The molecule has 1 aliphatic carbocycles. The zero-order chi connectivity index (χ0) is 11.5. The van der Waals surface area contributed by atoms with E-state index >= 15 is 0 Å². The van der Waals surface area contributed by atoms with E-state index in [9.17, 15) is 4.79 Å². The molecule has 3 heteroatoms. The van der Waals surface area contributed by atoms with E-state index in [-0.39, 0.29) is 11.7 Å². The van der Waals surface area contributed by atoms with E-state index in [2.05, 4.69) is 11.7 Å². The second-order valence-electron chi connectivity index (χ2n) is 4.56. The van der Waals surface area contributed by atoms with Gasteiger partial charge in [0.05, 0.1) is 12.8 Å². The van der Waals surface area contributed by atoms with Gasteiger partial charge in [0.2, 0.25) is 0 Å². The number of allylic oxidation sites excluding steroid dienone is 2. The molecular formula is C13H18N2O. The highest BCUT2D eigenvalue weighted by atomic mass is 16.1. The van der Waals surface area contributed by atoms with Gasteiger partial charge in [-0.25, -0.2) is 0 Å². The molecule has 0 aromatic heterocycles. The van der Waals surface area contributed by atoms with Gasteiger partial charge in [-0.05, 0) is 31.3 Å². The second-order valence-corrected chi connectivity index (χ2v) is 4.56. The summed E-state index contributed by atoms with van der Waals surface area (Å²) in [5, 5.41) is 6.09. The van der Waals surface area contributed by atoms with Crippen LogP contribution in [0.15, 0.2) is 28.9 Å². The van der Waals surface area contributed by atoms with Crippen LogP contribution >= 0.6 is 0 Å².